The number of benzene rings is 3. The second-order valence-corrected chi connectivity index (χ2v) is 6.48. The van der Waals surface area contributed by atoms with E-state index in [2.05, 4.69) is 0 Å². The van der Waals surface area contributed by atoms with Gasteiger partial charge in [0, 0.05) is 5.56 Å². The normalized spacial score (nSPS) is 10.8. The van der Waals surface area contributed by atoms with Crippen LogP contribution in [0.2, 0.25) is 10.0 Å². The third kappa shape index (κ3) is 4.98. The van der Waals surface area contributed by atoms with E-state index >= 15 is 0 Å². The van der Waals surface area contributed by atoms with Gasteiger partial charge in [0.1, 0.15) is 12.4 Å². The second-order valence-electron chi connectivity index (χ2n) is 5.67. The van der Waals surface area contributed by atoms with E-state index in [9.17, 15) is 4.79 Å². The number of carbonyl (C=O) groups excluding carboxylic acids is 1. The minimum atomic E-state index is -0.132. The molecule has 0 aliphatic heterocycles. The number of halogens is 2. The van der Waals surface area contributed by atoms with Crippen LogP contribution in [0.25, 0.3) is 6.08 Å². The van der Waals surface area contributed by atoms with Crippen LogP contribution in [0.5, 0.6) is 5.75 Å². The van der Waals surface area contributed by atoms with E-state index in [4.69, 9.17) is 27.9 Å². The van der Waals surface area contributed by atoms with Gasteiger partial charge < -0.3 is 4.74 Å². The van der Waals surface area contributed by atoms with Crippen LogP contribution in [0, 0.1) is 0 Å². The maximum atomic E-state index is 12.2. The van der Waals surface area contributed by atoms with Crippen LogP contribution < -0.4 is 4.74 Å². The lowest BCUT2D eigenvalue weighted by Crippen LogP contribution is -1.95. The monoisotopic (exact) mass is 382 g/mol. The molecule has 0 spiro atoms. The fraction of sp³-hybridized carbons (Fsp3) is 0.0455. The van der Waals surface area contributed by atoms with Crippen molar-refractivity contribution in [3.05, 3.63) is 106 Å². The zero-order chi connectivity index (χ0) is 18.4. The van der Waals surface area contributed by atoms with Gasteiger partial charge in [-0.15, -0.1) is 0 Å². The van der Waals surface area contributed by atoms with E-state index in [1.165, 1.54) is 6.08 Å². The third-order valence-electron chi connectivity index (χ3n) is 3.76. The van der Waals surface area contributed by atoms with Gasteiger partial charge in [-0.25, -0.2) is 0 Å². The molecule has 0 aliphatic carbocycles. The van der Waals surface area contributed by atoms with Crippen molar-refractivity contribution in [1.29, 1.82) is 0 Å². The summed E-state index contributed by atoms with van der Waals surface area (Å²) in [5.74, 6) is 0.648. The van der Waals surface area contributed by atoms with Crippen molar-refractivity contribution in [2.24, 2.45) is 0 Å². The lowest BCUT2D eigenvalue weighted by Gasteiger charge is -2.06. The average molecular weight is 383 g/mol. The first kappa shape index (κ1) is 18.2. The molecule has 0 saturated carbocycles. The lowest BCUT2D eigenvalue weighted by molar-refractivity contribution is 0.104. The van der Waals surface area contributed by atoms with Gasteiger partial charge in [0.2, 0.25) is 0 Å². The smallest absolute Gasteiger partial charge is 0.185 e. The summed E-state index contributed by atoms with van der Waals surface area (Å²) in [6, 6.07) is 22.4. The fourth-order valence-corrected chi connectivity index (χ4v) is 2.63. The maximum Gasteiger partial charge on any atom is 0.185 e. The lowest BCUT2D eigenvalue weighted by atomic mass is 10.1. The molecule has 4 heteroatoms. The van der Waals surface area contributed by atoms with Gasteiger partial charge in [0.25, 0.3) is 0 Å². The summed E-state index contributed by atoms with van der Waals surface area (Å²) in [5, 5.41) is 0.795. The van der Waals surface area contributed by atoms with E-state index in [0.717, 1.165) is 16.9 Å². The Kier molecular flexibility index (Phi) is 6.11. The molecule has 0 saturated heterocycles. The number of carbonyl (C=O) groups is 1. The molecule has 2 nitrogen and oxygen atoms in total. The molecular weight excluding hydrogens is 367 g/mol. The predicted octanol–water partition coefficient (Wildman–Crippen LogP) is 6.47. The highest BCUT2D eigenvalue weighted by molar-refractivity contribution is 6.42. The molecule has 3 rings (SSSR count). The number of rotatable bonds is 6. The van der Waals surface area contributed by atoms with Gasteiger partial charge in [-0.1, -0.05) is 71.7 Å². The Morgan fingerprint density at radius 3 is 2.31 bits per heavy atom. The van der Waals surface area contributed by atoms with Crippen molar-refractivity contribution in [2.45, 2.75) is 6.61 Å². The predicted molar refractivity (Wildman–Crippen MR) is 107 cm³/mol. The molecule has 0 aliphatic rings. The number of hydrogen-bond acceptors (Lipinski definition) is 2. The second kappa shape index (κ2) is 8.70. The summed E-state index contributed by atoms with van der Waals surface area (Å²) in [5.41, 5.74) is 2.52. The van der Waals surface area contributed by atoms with Crippen LogP contribution >= 0.6 is 23.2 Å². The Balaban J connectivity index is 1.60. The standard InChI is InChI=1S/C22H16Cl2O2/c23-20-12-9-18(14-21(20)24)22(25)13-8-16-6-10-19(11-7-16)26-15-17-4-2-1-3-5-17/h1-14H,15H2. The van der Waals surface area contributed by atoms with E-state index in [-0.39, 0.29) is 5.78 Å². The van der Waals surface area contributed by atoms with Crippen LogP contribution in [-0.4, -0.2) is 5.78 Å². The third-order valence-corrected chi connectivity index (χ3v) is 4.50. The van der Waals surface area contributed by atoms with Gasteiger partial charge in [-0.3, -0.25) is 4.79 Å². The Hall–Kier alpha value is -2.55. The van der Waals surface area contributed by atoms with Crippen LogP contribution in [0.4, 0.5) is 0 Å². The summed E-state index contributed by atoms with van der Waals surface area (Å²) >= 11 is 11.8. The van der Waals surface area contributed by atoms with Crippen molar-refractivity contribution in [2.75, 3.05) is 0 Å². The minimum Gasteiger partial charge on any atom is -0.489 e. The molecule has 0 fully saturated rings. The van der Waals surface area contributed by atoms with Gasteiger partial charge >= 0.3 is 0 Å². The van der Waals surface area contributed by atoms with Crippen LogP contribution in [-0.2, 0) is 6.61 Å². The molecule has 130 valence electrons. The van der Waals surface area contributed by atoms with E-state index in [0.29, 0.717) is 22.2 Å². The summed E-state index contributed by atoms with van der Waals surface area (Å²) < 4.78 is 5.75. The van der Waals surface area contributed by atoms with Crippen molar-refractivity contribution < 1.29 is 9.53 Å². The molecule has 0 unspecified atom stereocenters. The Morgan fingerprint density at radius 1 is 0.885 bits per heavy atom. The molecule has 0 N–H and O–H groups in total. The molecule has 0 aromatic heterocycles. The average Bonchev–Trinajstić information content (AvgIpc) is 2.68. The number of hydrogen-bond donors (Lipinski definition) is 0. The zero-order valence-electron chi connectivity index (χ0n) is 13.9. The topological polar surface area (TPSA) is 26.3 Å². The Morgan fingerprint density at radius 2 is 1.62 bits per heavy atom. The van der Waals surface area contributed by atoms with E-state index in [1.807, 2.05) is 54.6 Å². The molecule has 0 atom stereocenters. The maximum absolute atomic E-state index is 12.2. The van der Waals surface area contributed by atoms with Gasteiger partial charge in [0.15, 0.2) is 5.78 Å². The first-order valence-electron chi connectivity index (χ1n) is 8.06. The summed E-state index contributed by atoms with van der Waals surface area (Å²) in [6.45, 7) is 0.520. The van der Waals surface area contributed by atoms with Gasteiger partial charge in [0.05, 0.1) is 10.0 Å². The van der Waals surface area contributed by atoms with Crippen molar-refractivity contribution in [3.8, 4) is 5.75 Å². The summed E-state index contributed by atoms with van der Waals surface area (Å²) in [7, 11) is 0. The highest BCUT2D eigenvalue weighted by atomic mass is 35.5. The van der Waals surface area contributed by atoms with Crippen LogP contribution in [0.15, 0.2) is 78.9 Å². The van der Waals surface area contributed by atoms with Crippen LogP contribution in [0.1, 0.15) is 21.5 Å². The molecule has 0 amide bonds. The van der Waals surface area contributed by atoms with E-state index < -0.39 is 0 Å². The summed E-state index contributed by atoms with van der Waals surface area (Å²) in [6.07, 6.45) is 3.27. The first-order valence-corrected chi connectivity index (χ1v) is 8.82. The largest absolute Gasteiger partial charge is 0.489 e. The zero-order valence-corrected chi connectivity index (χ0v) is 15.4. The van der Waals surface area contributed by atoms with Gasteiger partial charge in [-0.2, -0.15) is 0 Å². The van der Waals surface area contributed by atoms with Gasteiger partial charge in [-0.05, 0) is 47.5 Å². The van der Waals surface area contributed by atoms with Crippen LogP contribution in [0.3, 0.4) is 0 Å². The molecule has 0 radical (unpaired) electrons. The molecule has 26 heavy (non-hydrogen) atoms. The highest BCUT2D eigenvalue weighted by Crippen LogP contribution is 2.23. The number of ether oxygens (including phenoxy) is 1. The fourth-order valence-electron chi connectivity index (χ4n) is 2.33. The van der Waals surface area contributed by atoms with Crippen molar-refractivity contribution in [3.63, 3.8) is 0 Å². The summed E-state index contributed by atoms with van der Waals surface area (Å²) in [4.78, 5) is 12.2. The SMILES string of the molecule is O=C(C=Cc1ccc(OCc2ccccc2)cc1)c1ccc(Cl)c(Cl)c1. The minimum absolute atomic E-state index is 0.132. The Labute approximate surface area is 162 Å². The van der Waals surface area contributed by atoms with Crippen molar-refractivity contribution >= 4 is 35.1 Å². The molecule has 3 aromatic carbocycles. The quantitative estimate of drug-likeness (QED) is 0.360. The highest BCUT2D eigenvalue weighted by Gasteiger charge is 2.05. The number of ketones is 1. The van der Waals surface area contributed by atoms with Crippen molar-refractivity contribution in [1.82, 2.24) is 0 Å². The molecule has 0 heterocycles. The molecule has 3 aromatic rings. The Bertz CT molecular complexity index is 917. The first-order chi connectivity index (χ1) is 12.6. The molecule has 0 bridgehead atoms. The number of allylic oxidation sites excluding steroid dienone is 1. The van der Waals surface area contributed by atoms with E-state index in [1.54, 1.807) is 24.3 Å². The molecular formula is C22H16Cl2O2.